The second-order valence-electron chi connectivity index (χ2n) is 3.27. The van der Waals surface area contributed by atoms with E-state index in [2.05, 4.69) is 53.3 Å². The van der Waals surface area contributed by atoms with Crippen molar-refractivity contribution in [2.45, 2.75) is 0 Å². The summed E-state index contributed by atoms with van der Waals surface area (Å²) in [5.41, 5.74) is 1.22. The highest BCUT2D eigenvalue weighted by Gasteiger charge is 2.03. The van der Waals surface area contributed by atoms with Gasteiger partial charge in [-0.05, 0) is 28.8 Å². The molecule has 0 aliphatic carbocycles. The Bertz CT molecular complexity index is 473. The molecule has 0 saturated carbocycles. The van der Waals surface area contributed by atoms with E-state index in [1.165, 1.54) is 16.5 Å². The first kappa shape index (κ1) is 10.1. The number of fused-ring (bicyclic) bond motifs is 1. The van der Waals surface area contributed by atoms with Crippen molar-refractivity contribution < 1.29 is 0 Å². The van der Waals surface area contributed by atoms with E-state index in [-0.39, 0.29) is 0 Å². The molecule has 1 nitrogen and oxygen atoms in total. The smallest absolute Gasteiger partial charge is 0.0548 e. The lowest BCUT2D eigenvalue weighted by molar-refractivity contribution is 1.39. The second kappa shape index (κ2) is 4.41. The maximum atomic E-state index is 3.73. The van der Waals surface area contributed by atoms with Gasteiger partial charge in [0.05, 0.1) is 5.69 Å². The lowest BCUT2D eigenvalue weighted by Gasteiger charge is -2.17. The highest BCUT2D eigenvalue weighted by Crippen LogP contribution is 2.29. The van der Waals surface area contributed by atoms with Gasteiger partial charge >= 0.3 is 0 Å². The maximum absolute atomic E-state index is 3.73. The number of anilines is 1. The lowest BCUT2D eigenvalue weighted by atomic mass is 10.1. The van der Waals surface area contributed by atoms with Crippen LogP contribution in [0, 0.1) is 0 Å². The topological polar surface area (TPSA) is 3.24 Å². The predicted molar refractivity (Wildman–Crippen MR) is 70.1 cm³/mol. The molecular weight excluding hydrogens is 202 g/mol. The fraction of sp³-hybridized carbons (Fsp3) is 0.0769. The monoisotopic (exact) mass is 215 g/mol. The van der Waals surface area contributed by atoms with Gasteiger partial charge in [-0.2, -0.15) is 0 Å². The van der Waals surface area contributed by atoms with Gasteiger partial charge in [-0.1, -0.05) is 43.0 Å². The molecule has 0 radical (unpaired) electrons. The van der Waals surface area contributed by atoms with Crippen LogP contribution < -0.4 is 4.31 Å². The molecule has 76 valence electrons. The van der Waals surface area contributed by atoms with Gasteiger partial charge in [-0.3, -0.25) is 0 Å². The Kier molecular flexibility index (Phi) is 2.97. The van der Waals surface area contributed by atoms with E-state index in [4.69, 9.17) is 0 Å². The Morgan fingerprint density at radius 1 is 1.13 bits per heavy atom. The predicted octanol–water partition coefficient (Wildman–Crippen LogP) is 4.07. The Morgan fingerprint density at radius 3 is 2.67 bits per heavy atom. The zero-order valence-corrected chi connectivity index (χ0v) is 9.50. The number of hydrogen-bond donors (Lipinski definition) is 0. The summed E-state index contributed by atoms with van der Waals surface area (Å²) in [5.74, 6) is 0. The minimum atomic E-state index is 1.22. The average Bonchev–Trinajstić information content (AvgIpc) is 2.28. The quantitative estimate of drug-likeness (QED) is 0.710. The van der Waals surface area contributed by atoms with Crippen LogP contribution in [0.1, 0.15) is 0 Å². The summed E-state index contributed by atoms with van der Waals surface area (Å²) in [6.07, 6.45) is 0. The van der Waals surface area contributed by atoms with E-state index in [1.807, 2.05) is 12.5 Å². The number of rotatable bonds is 3. The third-order valence-corrected chi connectivity index (χ3v) is 3.00. The third kappa shape index (κ3) is 2.00. The zero-order chi connectivity index (χ0) is 10.7. The molecule has 0 aliphatic rings. The standard InChI is InChI=1S/C13H13NS/c1-3-15-14(2)13-10-6-8-11-7-4-5-9-12(11)13/h3-10H,1H2,2H3. The Morgan fingerprint density at radius 2 is 1.87 bits per heavy atom. The fourth-order valence-electron chi connectivity index (χ4n) is 1.65. The number of hydrogen-bond acceptors (Lipinski definition) is 2. The molecule has 2 aromatic rings. The fourth-order valence-corrected chi connectivity index (χ4v) is 2.15. The highest BCUT2D eigenvalue weighted by atomic mass is 32.2. The summed E-state index contributed by atoms with van der Waals surface area (Å²) in [6.45, 7) is 3.73. The molecule has 15 heavy (non-hydrogen) atoms. The molecule has 0 heterocycles. The van der Waals surface area contributed by atoms with Crippen molar-refractivity contribution in [2.24, 2.45) is 0 Å². The summed E-state index contributed by atoms with van der Waals surface area (Å²) in [7, 11) is 2.05. The first-order valence-corrected chi connectivity index (χ1v) is 5.66. The molecule has 0 N–H and O–H groups in total. The summed E-state index contributed by atoms with van der Waals surface area (Å²) in [6, 6.07) is 14.7. The molecule has 2 heteroatoms. The van der Waals surface area contributed by atoms with Crippen LogP contribution in [-0.4, -0.2) is 7.05 Å². The van der Waals surface area contributed by atoms with Crippen molar-refractivity contribution in [1.82, 2.24) is 0 Å². The molecule has 2 aromatic carbocycles. The summed E-state index contributed by atoms with van der Waals surface area (Å²) in [5, 5.41) is 4.38. The van der Waals surface area contributed by atoms with E-state index in [9.17, 15) is 0 Å². The molecule has 0 aromatic heterocycles. The third-order valence-electron chi connectivity index (χ3n) is 2.34. The molecule has 0 aliphatic heterocycles. The molecular formula is C13H13NS. The normalized spacial score (nSPS) is 10.2. The number of nitrogens with zero attached hydrogens (tertiary/aromatic N) is 1. The van der Waals surface area contributed by atoms with Crippen LogP contribution in [-0.2, 0) is 0 Å². The van der Waals surface area contributed by atoms with Gasteiger partial charge in [0.25, 0.3) is 0 Å². The minimum absolute atomic E-state index is 1.22. The summed E-state index contributed by atoms with van der Waals surface area (Å²) < 4.78 is 2.12. The summed E-state index contributed by atoms with van der Waals surface area (Å²) >= 11 is 1.60. The first-order chi connectivity index (χ1) is 7.33. The molecule has 0 unspecified atom stereocenters. The number of benzene rings is 2. The van der Waals surface area contributed by atoms with Crippen molar-refractivity contribution in [3.63, 3.8) is 0 Å². The molecule has 2 rings (SSSR count). The Labute approximate surface area is 94.5 Å². The van der Waals surface area contributed by atoms with Gasteiger partial charge in [0.2, 0.25) is 0 Å². The summed E-state index contributed by atoms with van der Waals surface area (Å²) in [4.78, 5) is 0. The van der Waals surface area contributed by atoms with E-state index >= 15 is 0 Å². The van der Waals surface area contributed by atoms with E-state index in [0.717, 1.165) is 0 Å². The van der Waals surface area contributed by atoms with Crippen molar-refractivity contribution in [2.75, 3.05) is 11.4 Å². The second-order valence-corrected chi connectivity index (χ2v) is 4.36. The van der Waals surface area contributed by atoms with Gasteiger partial charge in [0.1, 0.15) is 0 Å². The zero-order valence-electron chi connectivity index (χ0n) is 8.68. The van der Waals surface area contributed by atoms with Crippen molar-refractivity contribution in [1.29, 1.82) is 0 Å². The SMILES string of the molecule is C=CSN(C)c1cccc2ccccc12. The average molecular weight is 215 g/mol. The largest absolute Gasteiger partial charge is 0.315 e. The van der Waals surface area contributed by atoms with Gasteiger partial charge < -0.3 is 4.31 Å². The van der Waals surface area contributed by atoms with E-state index in [0.29, 0.717) is 0 Å². The first-order valence-electron chi connectivity index (χ1n) is 4.82. The van der Waals surface area contributed by atoms with Crippen molar-refractivity contribution in [3.8, 4) is 0 Å². The van der Waals surface area contributed by atoms with Crippen LogP contribution in [0.3, 0.4) is 0 Å². The molecule has 0 fully saturated rings. The minimum Gasteiger partial charge on any atom is -0.315 e. The molecule has 0 spiro atoms. The maximum Gasteiger partial charge on any atom is 0.0548 e. The van der Waals surface area contributed by atoms with Crippen LogP contribution in [0.4, 0.5) is 5.69 Å². The van der Waals surface area contributed by atoms with Crippen LogP contribution in [0.2, 0.25) is 0 Å². The van der Waals surface area contributed by atoms with Gasteiger partial charge in [-0.25, -0.2) is 0 Å². The Balaban J connectivity index is 2.55. The van der Waals surface area contributed by atoms with Crippen molar-refractivity contribution in [3.05, 3.63) is 54.5 Å². The van der Waals surface area contributed by atoms with E-state index < -0.39 is 0 Å². The van der Waals surface area contributed by atoms with Crippen molar-refractivity contribution >= 4 is 28.4 Å². The molecule has 0 amide bonds. The molecule has 0 bridgehead atoms. The lowest BCUT2D eigenvalue weighted by Crippen LogP contribution is -2.04. The molecule has 0 atom stereocenters. The van der Waals surface area contributed by atoms with Gasteiger partial charge in [0, 0.05) is 12.4 Å². The van der Waals surface area contributed by atoms with Crippen LogP contribution in [0.15, 0.2) is 54.5 Å². The van der Waals surface area contributed by atoms with Gasteiger partial charge in [-0.15, -0.1) is 0 Å². The Hall–Kier alpha value is -1.41. The molecule has 0 saturated heterocycles. The van der Waals surface area contributed by atoms with Gasteiger partial charge in [0.15, 0.2) is 0 Å². The van der Waals surface area contributed by atoms with Crippen LogP contribution in [0.25, 0.3) is 10.8 Å². The van der Waals surface area contributed by atoms with Crippen LogP contribution >= 0.6 is 11.9 Å². The van der Waals surface area contributed by atoms with E-state index in [1.54, 1.807) is 11.9 Å². The highest BCUT2D eigenvalue weighted by molar-refractivity contribution is 8.03. The van der Waals surface area contributed by atoms with Crippen LogP contribution in [0.5, 0.6) is 0 Å².